The topological polar surface area (TPSA) is 29.5 Å². The molecule has 0 aliphatic heterocycles. The van der Waals surface area contributed by atoms with Crippen LogP contribution in [0.2, 0.25) is 0 Å². The molecule has 90 valence electrons. The summed E-state index contributed by atoms with van der Waals surface area (Å²) in [5.41, 5.74) is -0.529. The Balaban J connectivity index is 2.33. The van der Waals surface area contributed by atoms with E-state index in [9.17, 15) is 5.11 Å². The van der Waals surface area contributed by atoms with Crippen LogP contribution in [0.3, 0.4) is 0 Å². The minimum Gasteiger partial charge on any atom is -0.387 e. The van der Waals surface area contributed by atoms with Crippen molar-refractivity contribution in [2.45, 2.75) is 64.4 Å². The number of hydrogen-bond donors (Lipinski definition) is 1. The zero-order valence-electron chi connectivity index (χ0n) is 10.3. The van der Waals surface area contributed by atoms with E-state index in [-0.39, 0.29) is 0 Å². The Morgan fingerprint density at radius 2 is 2.07 bits per heavy atom. The summed E-state index contributed by atoms with van der Waals surface area (Å²) >= 11 is 0. The van der Waals surface area contributed by atoms with Crippen molar-refractivity contribution >= 4 is 0 Å². The van der Waals surface area contributed by atoms with Gasteiger partial charge in [-0.2, -0.15) is 0 Å². The van der Waals surface area contributed by atoms with E-state index in [0.29, 0.717) is 6.61 Å². The molecule has 2 heteroatoms. The van der Waals surface area contributed by atoms with Crippen molar-refractivity contribution in [3.63, 3.8) is 0 Å². The molecule has 0 aromatic rings. The SMILES string of the molecule is CCCOCC1(O)CCCC(CC)CC1. The molecular weight excluding hydrogens is 188 g/mol. The Morgan fingerprint density at radius 3 is 2.73 bits per heavy atom. The molecule has 2 nitrogen and oxygen atoms in total. The van der Waals surface area contributed by atoms with Crippen LogP contribution in [0.5, 0.6) is 0 Å². The van der Waals surface area contributed by atoms with Crippen molar-refractivity contribution in [1.29, 1.82) is 0 Å². The van der Waals surface area contributed by atoms with Gasteiger partial charge in [-0.3, -0.25) is 0 Å². The summed E-state index contributed by atoms with van der Waals surface area (Å²) in [5, 5.41) is 10.4. The molecule has 0 aromatic heterocycles. The average molecular weight is 214 g/mol. The number of rotatable bonds is 5. The van der Waals surface area contributed by atoms with Crippen LogP contribution in [-0.2, 0) is 4.74 Å². The van der Waals surface area contributed by atoms with Gasteiger partial charge in [-0.15, -0.1) is 0 Å². The third-order valence-corrected chi connectivity index (χ3v) is 3.57. The highest BCUT2D eigenvalue weighted by Gasteiger charge is 2.30. The van der Waals surface area contributed by atoms with E-state index in [1.807, 2.05) is 0 Å². The normalized spacial score (nSPS) is 32.6. The second-order valence-electron chi connectivity index (χ2n) is 4.98. The minimum absolute atomic E-state index is 0.529. The smallest absolute Gasteiger partial charge is 0.0880 e. The Hall–Kier alpha value is -0.0800. The van der Waals surface area contributed by atoms with Gasteiger partial charge in [0.2, 0.25) is 0 Å². The molecule has 1 aliphatic carbocycles. The maximum absolute atomic E-state index is 10.4. The van der Waals surface area contributed by atoms with Crippen molar-refractivity contribution in [2.24, 2.45) is 5.92 Å². The molecule has 1 fully saturated rings. The molecule has 0 bridgehead atoms. The minimum atomic E-state index is -0.529. The number of hydrogen-bond acceptors (Lipinski definition) is 2. The molecule has 0 amide bonds. The number of ether oxygens (including phenoxy) is 1. The first kappa shape index (κ1) is 13.0. The second-order valence-corrected chi connectivity index (χ2v) is 4.98. The van der Waals surface area contributed by atoms with Gasteiger partial charge in [-0.05, 0) is 31.6 Å². The van der Waals surface area contributed by atoms with Gasteiger partial charge in [0.1, 0.15) is 0 Å². The summed E-state index contributed by atoms with van der Waals surface area (Å²) in [6.45, 7) is 5.67. The Labute approximate surface area is 94.0 Å². The molecule has 1 rings (SSSR count). The van der Waals surface area contributed by atoms with Gasteiger partial charge in [0, 0.05) is 6.61 Å². The summed E-state index contributed by atoms with van der Waals surface area (Å²) in [4.78, 5) is 0. The van der Waals surface area contributed by atoms with Crippen molar-refractivity contribution in [3.8, 4) is 0 Å². The van der Waals surface area contributed by atoms with Crippen molar-refractivity contribution in [2.75, 3.05) is 13.2 Å². The van der Waals surface area contributed by atoms with Gasteiger partial charge in [-0.25, -0.2) is 0 Å². The maximum Gasteiger partial charge on any atom is 0.0880 e. The van der Waals surface area contributed by atoms with Gasteiger partial charge < -0.3 is 9.84 Å². The standard InChI is InChI=1S/C13H26O2/c1-3-10-15-11-13(14)8-5-6-12(4-2)7-9-13/h12,14H,3-11H2,1-2H3. The lowest BCUT2D eigenvalue weighted by atomic mass is 9.94. The second kappa shape index (κ2) is 6.49. The van der Waals surface area contributed by atoms with Gasteiger partial charge in [0.25, 0.3) is 0 Å². The molecule has 2 atom stereocenters. The Morgan fingerprint density at radius 1 is 1.27 bits per heavy atom. The van der Waals surface area contributed by atoms with Crippen LogP contribution >= 0.6 is 0 Å². The molecule has 2 unspecified atom stereocenters. The molecule has 1 saturated carbocycles. The van der Waals surface area contributed by atoms with Gasteiger partial charge in [-0.1, -0.05) is 33.1 Å². The van der Waals surface area contributed by atoms with Crippen LogP contribution in [0.4, 0.5) is 0 Å². The highest BCUT2D eigenvalue weighted by molar-refractivity contribution is 4.82. The molecule has 0 spiro atoms. The largest absolute Gasteiger partial charge is 0.387 e. The van der Waals surface area contributed by atoms with Gasteiger partial charge in [0.05, 0.1) is 12.2 Å². The fourth-order valence-electron chi connectivity index (χ4n) is 2.42. The Kier molecular flexibility index (Phi) is 5.62. The molecule has 0 aromatic carbocycles. The first-order valence-electron chi connectivity index (χ1n) is 6.50. The maximum atomic E-state index is 10.4. The summed E-state index contributed by atoms with van der Waals surface area (Å²) < 4.78 is 5.50. The molecule has 0 radical (unpaired) electrons. The third-order valence-electron chi connectivity index (χ3n) is 3.57. The van der Waals surface area contributed by atoms with E-state index in [1.54, 1.807) is 0 Å². The lowest BCUT2D eigenvalue weighted by Gasteiger charge is -2.26. The zero-order chi connectivity index (χ0) is 11.1. The van der Waals surface area contributed by atoms with Crippen LogP contribution in [0.1, 0.15) is 58.8 Å². The zero-order valence-corrected chi connectivity index (χ0v) is 10.3. The molecule has 1 aliphatic rings. The Bertz CT molecular complexity index is 170. The molecular formula is C13H26O2. The number of aliphatic hydroxyl groups is 1. The van der Waals surface area contributed by atoms with E-state index >= 15 is 0 Å². The first-order chi connectivity index (χ1) is 7.20. The predicted octanol–water partition coefficient (Wildman–Crippen LogP) is 3.13. The summed E-state index contributed by atoms with van der Waals surface area (Å²) in [6, 6.07) is 0. The average Bonchev–Trinajstić information content (AvgIpc) is 2.41. The van der Waals surface area contributed by atoms with Crippen molar-refractivity contribution < 1.29 is 9.84 Å². The highest BCUT2D eigenvalue weighted by atomic mass is 16.5. The van der Waals surface area contributed by atoms with E-state index in [0.717, 1.165) is 38.2 Å². The van der Waals surface area contributed by atoms with Crippen LogP contribution in [0.25, 0.3) is 0 Å². The summed E-state index contributed by atoms with van der Waals surface area (Å²) in [6.07, 6.45) is 7.75. The first-order valence-corrected chi connectivity index (χ1v) is 6.50. The molecule has 0 saturated heterocycles. The molecule has 1 N–H and O–H groups in total. The predicted molar refractivity (Wildman–Crippen MR) is 62.9 cm³/mol. The quantitative estimate of drug-likeness (QED) is 0.563. The van der Waals surface area contributed by atoms with E-state index in [2.05, 4.69) is 13.8 Å². The molecule has 0 heterocycles. The van der Waals surface area contributed by atoms with Crippen LogP contribution < -0.4 is 0 Å². The molecule has 15 heavy (non-hydrogen) atoms. The van der Waals surface area contributed by atoms with E-state index in [1.165, 1.54) is 19.3 Å². The fraction of sp³-hybridized carbons (Fsp3) is 1.00. The van der Waals surface area contributed by atoms with E-state index in [4.69, 9.17) is 4.74 Å². The van der Waals surface area contributed by atoms with Gasteiger partial charge >= 0.3 is 0 Å². The van der Waals surface area contributed by atoms with Crippen molar-refractivity contribution in [3.05, 3.63) is 0 Å². The monoisotopic (exact) mass is 214 g/mol. The summed E-state index contributed by atoms with van der Waals surface area (Å²) in [7, 11) is 0. The summed E-state index contributed by atoms with van der Waals surface area (Å²) in [5.74, 6) is 0.824. The van der Waals surface area contributed by atoms with Gasteiger partial charge in [0.15, 0.2) is 0 Å². The fourth-order valence-corrected chi connectivity index (χ4v) is 2.42. The lowest BCUT2D eigenvalue weighted by molar-refractivity contribution is -0.0560. The van der Waals surface area contributed by atoms with Crippen LogP contribution in [0.15, 0.2) is 0 Å². The lowest BCUT2D eigenvalue weighted by Crippen LogP contribution is -2.34. The highest BCUT2D eigenvalue weighted by Crippen LogP contribution is 2.32. The van der Waals surface area contributed by atoms with Crippen LogP contribution in [0, 0.1) is 5.92 Å². The van der Waals surface area contributed by atoms with Crippen molar-refractivity contribution in [1.82, 2.24) is 0 Å². The van der Waals surface area contributed by atoms with Crippen LogP contribution in [-0.4, -0.2) is 23.9 Å². The third kappa shape index (κ3) is 4.52. The van der Waals surface area contributed by atoms with E-state index < -0.39 is 5.60 Å².